The molecular formula is C14H14F2N2O4. The summed E-state index contributed by atoms with van der Waals surface area (Å²) >= 11 is 0. The fraction of sp³-hybridized carbons (Fsp3) is 0.500. The van der Waals surface area contributed by atoms with Gasteiger partial charge in [0.05, 0.1) is 6.10 Å². The van der Waals surface area contributed by atoms with E-state index in [1.165, 1.54) is 0 Å². The van der Waals surface area contributed by atoms with E-state index in [-0.39, 0.29) is 17.7 Å². The predicted molar refractivity (Wildman–Crippen MR) is 72.9 cm³/mol. The van der Waals surface area contributed by atoms with E-state index in [1.807, 2.05) is 4.98 Å². The van der Waals surface area contributed by atoms with Crippen LogP contribution in [-0.2, 0) is 6.42 Å². The third kappa shape index (κ3) is 2.92. The van der Waals surface area contributed by atoms with Gasteiger partial charge in [-0.2, -0.15) is 4.98 Å². The van der Waals surface area contributed by atoms with Crippen molar-refractivity contribution in [3.63, 3.8) is 0 Å². The molecule has 1 aliphatic carbocycles. The Labute approximate surface area is 122 Å². The molecule has 0 bridgehead atoms. The molecule has 22 heavy (non-hydrogen) atoms. The van der Waals surface area contributed by atoms with Crippen molar-refractivity contribution in [3.05, 3.63) is 38.2 Å². The molecule has 1 aliphatic rings. The molecule has 2 aromatic heterocycles. The maximum Gasteiger partial charge on any atom is 0.337 e. The highest BCUT2D eigenvalue weighted by Gasteiger charge is 2.29. The van der Waals surface area contributed by atoms with E-state index in [0.717, 1.165) is 18.9 Å². The van der Waals surface area contributed by atoms with Crippen molar-refractivity contribution < 1.29 is 18.3 Å². The number of nitrogens with one attached hydrogen (secondary N) is 1. The predicted octanol–water partition coefficient (Wildman–Crippen LogP) is 1.52. The monoisotopic (exact) mass is 312 g/mol. The smallest absolute Gasteiger partial charge is 0.337 e. The first kappa shape index (κ1) is 14.8. The minimum atomic E-state index is -2.97. The number of halogens is 2. The number of hydrogen-bond acceptors (Lipinski definition) is 5. The summed E-state index contributed by atoms with van der Waals surface area (Å²) < 4.78 is 30.0. The lowest BCUT2D eigenvalue weighted by atomic mass is 10.0. The second-order valence-electron chi connectivity index (χ2n) is 5.47. The highest BCUT2D eigenvalue weighted by atomic mass is 19.3. The van der Waals surface area contributed by atoms with Crippen LogP contribution in [0.2, 0.25) is 0 Å². The normalized spacial score (nSPS) is 16.4. The number of H-pyrrole nitrogens is 1. The lowest BCUT2D eigenvalue weighted by molar-refractivity contribution is 0.140. The molecule has 8 heteroatoms. The zero-order valence-corrected chi connectivity index (χ0v) is 11.5. The molecule has 2 aromatic rings. The maximum absolute atomic E-state index is 12.6. The van der Waals surface area contributed by atoms with Crippen molar-refractivity contribution in [2.24, 2.45) is 5.92 Å². The number of aromatic nitrogens is 2. The van der Waals surface area contributed by atoms with Gasteiger partial charge in [0.25, 0.3) is 12.0 Å². The third-order valence-corrected chi connectivity index (χ3v) is 3.80. The van der Waals surface area contributed by atoms with E-state index >= 15 is 0 Å². The van der Waals surface area contributed by atoms with Crippen molar-refractivity contribution in [2.45, 2.75) is 38.2 Å². The number of fused-ring (bicyclic) bond motifs is 1. The van der Waals surface area contributed by atoms with Gasteiger partial charge in [-0.3, -0.25) is 4.79 Å². The van der Waals surface area contributed by atoms with Crippen LogP contribution in [0.1, 0.15) is 37.1 Å². The number of aliphatic hydroxyl groups excluding tert-OH is 1. The van der Waals surface area contributed by atoms with Crippen LogP contribution in [0.25, 0.3) is 11.1 Å². The SMILES string of the molecule is O=c1cc(CCC(O)C2CC2)c2c(=O)[nH]c(C(F)F)nc2o1. The number of nitrogens with zero attached hydrogens (tertiary/aromatic N) is 1. The molecule has 6 nitrogen and oxygen atoms in total. The van der Waals surface area contributed by atoms with Gasteiger partial charge in [-0.05, 0) is 37.2 Å². The van der Waals surface area contributed by atoms with Gasteiger partial charge in [0, 0.05) is 6.07 Å². The molecule has 1 atom stereocenters. The van der Waals surface area contributed by atoms with Crippen molar-refractivity contribution >= 4 is 11.1 Å². The first-order valence-electron chi connectivity index (χ1n) is 6.99. The molecule has 1 saturated carbocycles. The summed E-state index contributed by atoms with van der Waals surface area (Å²) in [6, 6.07) is 1.14. The van der Waals surface area contributed by atoms with Crippen LogP contribution in [0.3, 0.4) is 0 Å². The Balaban J connectivity index is 2.01. The molecule has 2 N–H and O–H groups in total. The van der Waals surface area contributed by atoms with Crippen LogP contribution in [0.4, 0.5) is 8.78 Å². The second-order valence-corrected chi connectivity index (χ2v) is 5.47. The summed E-state index contributed by atoms with van der Waals surface area (Å²) in [4.78, 5) is 29.0. The topological polar surface area (TPSA) is 96.2 Å². The fourth-order valence-electron chi connectivity index (χ4n) is 2.49. The van der Waals surface area contributed by atoms with Gasteiger partial charge in [0.2, 0.25) is 5.71 Å². The molecule has 0 amide bonds. The van der Waals surface area contributed by atoms with E-state index in [1.54, 1.807) is 0 Å². The Morgan fingerprint density at radius 2 is 2.14 bits per heavy atom. The quantitative estimate of drug-likeness (QED) is 0.872. The summed E-state index contributed by atoms with van der Waals surface area (Å²) in [7, 11) is 0. The number of rotatable bonds is 5. The highest BCUT2D eigenvalue weighted by molar-refractivity contribution is 5.75. The molecule has 1 unspecified atom stereocenters. The van der Waals surface area contributed by atoms with E-state index in [4.69, 9.17) is 4.42 Å². The van der Waals surface area contributed by atoms with Gasteiger partial charge in [-0.25, -0.2) is 13.6 Å². The van der Waals surface area contributed by atoms with Crippen LogP contribution in [0, 0.1) is 5.92 Å². The summed E-state index contributed by atoms with van der Waals surface area (Å²) in [5.74, 6) is -0.566. The van der Waals surface area contributed by atoms with Gasteiger partial charge in [0.1, 0.15) is 5.39 Å². The van der Waals surface area contributed by atoms with Crippen LogP contribution in [-0.4, -0.2) is 21.2 Å². The first-order valence-corrected chi connectivity index (χ1v) is 6.99. The zero-order valence-electron chi connectivity index (χ0n) is 11.5. The molecule has 3 rings (SSSR count). The summed E-state index contributed by atoms with van der Waals surface area (Å²) in [6.45, 7) is 0. The molecule has 2 heterocycles. The van der Waals surface area contributed by atoms with Crippen molar-refractivity contribution in [2.75, 3.05) is 0 Å². The highest BCUT2D eigenvalue weighted by Crippen LogP contribution is 2.34. The average Bonchev–Trinajstić information content (AvgIpc) is 3.27. The standard InChI is InChI=1S/C14H14F2N2O4/c15-11(16)12-17-13(21)10-7(3-4-8(19)6-1-2-6)5-9(20)22-14(10)18-12/h5-6,8,11,19H,1-4H2,(H,17,18,21). The van der Waals surface area contributed by atoms with E-state index in [0.29, 0.717) is 12.0 Å². The number of aromatic amines is 1. The molecule has 118 valence electrons. The number of hydrogen-bond donors (Lipinski definition) is 2. The largest absolute Gasteiger partial charge is 0.403 e. The number of alkyl halides is 2. The van der Waals surface area contributed by atoms with Gasteiger partial charge in [-0.15, -0.1) is 0 Å². The first-order chi connectivity index (χ1) is 10.5. The van der Waals surface area contributed by atoms with Crippen molar-refractivity contribution in [1.29, 1.82) is 0 Å². The maximum atomic E-state index is 12.6. The van der Waals surface area contributed by atoms with Crippen molar-refractivity contribution in [3.8, 4) is 0 Å². The molecule has 0 aliphatic heterocycles. The summed E-state index contributed by atoms with van der Waals surface area (Å²) in [5.41, 5.74) is -1.59. The van der Waals surface area contributed by atoms with Gasteiger partial charge >= 0.3 is 5.63 Å². The number of aryl methyl sites for hydroxylation is 1. The average molecular weight is 312 g/mol. The molecule has 1 fully saturated rings. The van der Waals surface area contributed by atoms with Crippen LogP contribution >= 0.6 is 0 Å². The van der Waals surface area contributed by atoms with Crippen LogP contribution < -0.4 is 11.2 Å². The second kappa shape index (κ2) is 5.60. The minimum Gasteiger partial charge on any atom is -0.403 e. The third-order valence-electron chi connectivity index (χ3n) is 3.80. The minimum absolute atomic E-state index is 0.0213. The summed E-state index contributed by atoms with van der Waals surface area (Å²) in [6.07, 6.45) is -0.854. The van der Waals surface area contributed by atoms with E-state index in [2.05, 4.69) is 4.98 Å². The van der Waals surface area contributed by atoms with E-state index in [9.17, 15) is 23.5 Å². The van der Waals surface area contributed by atoms with Crippen molar-refractivity contribution in [1.82, 2.24) is 9.97 Å². The Bertz CT molecular complexity index is 811. The molecule has 0 spiro atoms. The van der Waals surface area contributed by atoms with Gasteiger partial charge in [-0.1, -0.05) is 0 Å². The Kier molecular flexibility index (Phi) is 3.78. The molecule has 0 saturated heterocycles. The Morgan fingerprint density at radius 3 is 2.77 bits per heavy atom. The van der Waals surface area contributed by atoms with Crippen LogP contribution in [0.5, 0.6) is 0 Å². The number of aliphatic hydroxyl groups is 1. The Hall–Kier alpha value is -2.09. The lowest BCUT2D eigenvalue weighted by Crippen LogP contribution is -2.18. The van der Waals surface area contributed by atoms with Gasteiger partial charge in [0.15, 0.2) is 5.82 Å². The molecule has 0 radical (unpaired) electrons. The Morgan fingerprint density at radius 1 is 1.41 bits per heavy atom. The fourth-order valence-corrected chi connectivity index (χ4v) is 2.49. The lowest BCUT2D eigenvalue weighted by Gasteiger charge is -2.09. The zero-order chi connectivity index (χ0) is 15.9. The summed E-state index contributed by atoms with van der Waals surface area (Å²) in [5, 5.41) is 9.85. The van der Waals surface area contributed by atoms with Gasteiger partial charge < -0.3 is 14.5 Å². The van der Waals surface area contributed by atoms with Crippen LogP contribution in [0.15, 0.2) is 20.1 Å². The van der Waals surface area contributed by atoms with E-state index < -0.39 is 35.3 Å². The molecular weight excluding hydrogens is 298 g/mol. The molecule has 0 aromatic carbocycles.